The smallest absolute Gasteiger partial charge is 0.418 e. The molecule has 2 heterocycles. The van der Waals surface area contributed by atoms with Gasteiger partial charge in [-0.25, -0.2) is 19.0 Å². The number of aryl methyl sites for hydroxylation is 1. The van der Waals surface area contributed by atoms with Gasteiger partial charge in [-0.15, -0.1) is 0 Å². The van der Waals surface area contributed by atoms with E-state index in [0.717, 1.165) is 12.1 Å². The highest BCUT2D eigenvalue weighted by Crippen LogP contribution is 2.44. The Morgan fingerprint density at radius 3 is 2.50 bits per heavy atom. The van der Waals surface area contributed by atoms with Crippen molar-refractivity contribution >= 4 is 28.7 Å². The molecule has 1 unspecified atom stereocenters. The van der Waals surface area contributed by atoms with E-state index in [-0.39, 0.29) is 46.1 Å². The zero-order valence-corrected chi connectivity index (χ0v) is 24.3. The van der Waals surface area contributed by atoms with Gasteiger partial charge in [0.05, 0.1) is 37.5 Å². The number of nitrogens with zero attached hydrogens (tertiary/aromatic N) is 4. The minimum atomic E-state index is -5.08. The first-order valence-corrected chi connectivity index (χ1v) is 13.3. The number of alkyl halides is 3. The van der Waals surface area contributed by atoms with E-state index in [1.807, 2.05) is 0 Å². The molecule has 44 heavy (non-hydrogen) atoms. The number of ether oxygens (including phenoxy) is 1. The predicted molar refractivity (Wildman–Crippen MR) is 153 cm³/mol. The van der Waals surface area contributed by atoms with E-state index in [1.54, 1.807) is 12.1 Å². The van der Waals surface area contributed by atoms with Gasteiger partial charge >= 0.3 is 6.18 Å². The summed E-state index contributed by atoms with van der Waals surface area (Å²) in [6, 6.07) is 9.74. The molecule has 5 N–H and O–H groups in total. The summed E-state index contributed by atoms with van der Waals surface area (Å²) in [4.78, 5) is 32.1. The van der Waals surface area contributed by atoms with Crippen molar-refractivity contribution in [3.8, 4) is 11.4 Å². The van der Waals surface area contributed by atoms with Gasteiger partial charge in [0.2, 0.25) is 5.91 Å². The number of carbonyl (C=O) groups is 2. The number of hydrogen-bond acceptors (Lipinski definition) is 8. The monoisotopic (exact) mass is 617 g/mol. The summed E-state index contributed by atoms with van der Waals surface area (Å²) in [6.07, 6.45) is -4.59. The molecule has 0 aliphatic heterocycles. The summed E-state index contributed by atoms with van der Waals surface area (Å²) in [5, 5.41) is 20.6. The van der Waals surface area contributed by atoms with Crippen LogP contribution < -0.4 is 21.1 Å². The second-order valence-corrected chi connectivity index (χ2v) is 10.9. The van der Waals surface area contributed by atoms with Gasteiger partial charge in [0, 0.05) is 11.1 Å². The van der Waals surface area contributed by atoms with Gasteiger partial charge in [-0.2, -0.15) is 18.3 Å². The molecular weight excluding hydrogens is 586 g/mol. The van der Waals surface area contributed by atoms with E-state index in [2.05, 4.69) is 25.7 Å². The zero-order valence-electron chi connectivity index (χ0n) is 24.3. The molecule has 4 rings (SSSR count). The number of benzene rings is 2. The summed E-state index contributed by atoms with van der Waals surface area (Å²) in [5.74, 6) is -1.57. The number of rotatable bonds is 11. The Labute approximate surface area is 249 Å². The van der Waals surface area contributed by atoms with Crippen molar-refractivity contribution in [3.05, 3.63) is 71.4 Å². The van der Waals surface area contributed by atoms with E-state index in [9.17, 15) is 32.3 Å². The third kappa shape index (κ3) is 6.72. The molecule has 11 nitrogen and oxygen atoms in total. The standard InChI is InChI=1S/C29H31F4N7O4/c1-16-38-24(20-12-37-40(25(20)39-16)19-7-5-6-17(10-19)26(42)35-13-23(34)41)36-15-28(43,29(31,32)33)14-27(2,3)21-11-18(30)8-9-22(21)44-4/h5-12,43H,13-15H2,1-4H3,(H2,34,41)(H,35,42)(H,36,38,39). The summed E-state index contributed by atoms with van der Waals surface area (Å²) >= 11 is 0. The lowest BCUT2D eigenvalue weighted by Crippen LogP contribution is -2.53. The third-order valence-electron chi connectivity index (χ3n) is 7.02. The first-order chi connectivity index (χ1) is 20.5. The van der Waals surface area contributed by atoms with Crippen molar-refractivity contribution in [2.45, 2.75) is 44.4 Å². The number of halogens is 4. The molecule has 2 aromatic carbocycles. The third-order valence-corrected chi connectivity index (χ3v) is 7.02. The maximum Gasteiger partial charge on any atom is 0.418 e. The molecule has 0 fully saturated rings. The average Bonchev–Trinajstić information content (AvgIpc) is 3.37. The second kappa shape index (κ2) is 12.1. The fraction of sp³-hybridized carbons (Fsp3) is 0.345. The summed E-state index contributed by atoms with van der Waals surface area (Å²) in [6.45, 7) is 3.10. The normalized spacial score (nSPS) is 13.4. The minimum absolute atomic E-state index is 0.0158. The zero-order chi connectivity index (χ0) is 32.4. The quantitative estimate of drug-likeness (QED) is 0.186. The van der Waals surface area contributed by atoms with Crippen LogP contribution in [0.4, 0.5) is 23.4 Å². The van der Waals surface area contributed by atoms with E-state index in [4.69, 9.17) is 10.5 Å². The molecule has 0 radical (unpaired) electrons. The van der Waals surface area contributed by atoms with Crippen LogP contribution in [0.25, 0.3) is 16.7 Å². The first kappa shape index (κ1) is 32.1. The lowest BCUT2D eigenvalue weighted by molar-refractivity contribution is -0.260. The van der Waals surface area contributed by atoms with Crippen LogP contribution in [0.1, 0.15) is 42.0 Å². The van der Waals surface area contributed by atoms with E-state index in [1.165, 1.54) is 57.0 Å². The van der Waals surface area contributed by atoms with Crippen LogP contribution in [0, 0.1) is 12.7 Å². The van der Waals surface area contributed by atoms with Gasteiger partial charge in [0.25, 0.3) is 5.91 Å². The fourth-order valence-electron chi connectivity index (χ4n) is 4.92. The Morgan fingerprint density at radius 1 is 1.11 bits per heavy atom. The fourth-order valence-corrected chi connectivity index (χ4v) is 4.92. The van der Waals surface area contributed by atoms with Crippen LogP contribution in [-0.4, -0.2) is 68.6 Å². The Kier molecular flexibility index (Phi) is 8.81. The number of methoxy groups -OCH3 is 1. The maximum absolute atomic E-state index is 14.4. The molecule has 0 saturated carbocycles. The van der Waals surface area contributed by atoms with Gasteiger partial charge in [-0.05, 0) is 55.2 Å². The highest BCUT2D eigenvalue weighted by molar-refractivity contribution is 5.97. The van der Waals surface area contributed by atoms with Crippen LogP contribution in [0.5, 0.6) is 5.75 Å². The number of nitrogens with one attached hydrogen (secondary N) is 2. The van der Waals surface area contributed by atoms with E-state index < -0.39 is 47.8 Å². The Morgan fingerprint density at radius 2 is 1.84 bits per heavy atom. The molecule has 0 aliphatic carbocycles. The summed E-state index contributed by atoms with van der Waals surface area (Å²) in [5.41, 5.74) is 1.40. The number of primary amides is 1. The molecule has 234 valence electrons. The van der Waals surface area contributed by atoms with Gasteiger partial charge in [0.15, 0.2) is 11.2 Å². The van der Waals surface area contributed by atoms with Crippen molar-refractivity contribution in [1.82, 2.24) is 25.1 Å². The number of aliphatic hydroxyl groups is 1. The molecule has 0 spiro atoms. The molecule has 0 aliphatic rings. The number of fused-ring (bicyclic) bond motifs is 1. The maximum atomic E-state index is 14.4. The lowest BCUT2D eigenvalue weighted by Gasteiger charge is -2.38. The van der Waals surface area contributed by atoms with Crippen LogP contribution >= 0.6 is 0 Å². The van der Waals surface area contributed by atoms with Crippen molar-refractivity contribution in [1.29, 1.82) is 0 Å². The largest absolute Gasteiger partial charge is 0.496 e. The van der Waals surface area contributed by atoms with Crippen molar-refractivity contribution < 1.29 is 37.0 Å². The number of hydrogen-bond donors (Lipinski definition) is 4. The number of amides is 2. The van der Waals surface area contributed by atoms with E-state index >= 15 is 0 Å². The van der Waals surface area contributed by atoms with Gasteiger partial charge in [-0.1, -0.05) is 19.9 Å². The van der Waals surface area contributed by atoms with Crippen molar-refractivity contribution in [3.63, 3.8) is 0 Å². The number of anilines is 1. The molecule has 1 atom stereocenters. The predicted octanol–water partition coefficient (Wildman–Crippen LogP) is 3.56. The lowest BCUT2D eigenvalue weighted by atomic mass is 9.74. The number of nitrogens with two attached hydrogens (primary N) is 1. The molecule has 0 saturated heterocycles. The van der Waals surface area contributed by atoms with Crippen LogP contribution in [0.2, 0.25) is 0 Å². The highest BCUT2D eigenvalue weighted by atomic mass is 19.4. The number of aromatic nitrogens is 4. The SMILES string of the molecule is COc1ccc(F)cc1C(C)(C)CC(O)(CNc1nc(C)nc2c1cnn2-c1cccc(C(=O)NCC(N)=O)c1)C(F)(F)F. The van der Waals surface area contributed by atoms with Crippen molar-refractivity contribution in [2.24, 2.45) is 5.73 Å². The van der Waals surface area contributed by atoms with Crippen LogP contribution in [0.15, 0.2) is 48.7 Å². The molecular formula is C29H31F4N7O4. The Hall–Kier alpha value is -4.79. The molecule has 0 bridgehead atoms. The minimum Gasteiger partial charge on any atom is -0.496 e. The summed E-state index contributed by atoms with van der Waals surface area (Å²) in [7, 11) is 1.32. The Balaban J connectivity index is 1.66. The molecule has 15 heteroatoms. The van der Waals surface area contributed by atoms with Gasteiger partial charge in [0.1, 0.15) is 23.2 Å². The average molecular weight is 618 g/mol. The Bertz CT molecular complexity index is 1710. The van der Waals surface area contributed by atoms with Gasteiger partial charge in [-0.3, -0.25) is 9.59 Å². The topological polar surface area (TPSA) is 157 Å². The first-order valence-electron chi connectivity index (χ1n) is 13.3. The highest BCUT2D eigenvalue weighted by Gasteiger charge is 2.56. The molecule has 2 aromatic heterocycles. The van der Waals surface area contributed by atoms with Crippen LogP contribution in [-0.2, 0) is 10.2 Å². The van der Waals surface area contributed by atoms with Gasteiger partial charge < -0.3 is 26.2 Å². The molecule has 2 amide bonds. The summed E-state index contributed by atoms with van der Waals surface area (Å²) < 4.78 is 64.0. The van der Waals surface area contributed by atoms with Crippen molar-refractivity contribution in [2.75, 3.05) is 25.5 Å². The van der Waals surface area contributed by atoms with E-state index in [0.29, 0.717) is 5.69 Å². The van der Waals surface area contributed by atoms with Crippen LogP contribution in [0.3, 0.4) is 0 Å². The second-order valence-electron chi connectivity index (χ2n) is 10.9. The molecule has 4 aromatic rings. The number of carbonyl (C=O) groups excluding carboxylic acids is 2.